The number of rotatable bonds is 4. The van der Waals surface area contributed by atoms with E-state index in [-0.39, 0.29) is 28.9 Å². The SMILES string of the molecule is C[C@@H]1C(=O)N(c2ccc(SC(F)(F)F)cc2)C(=O)N1Cc1ccncc1. The number of anilines is 1. The number of halogens is 3. The Balaban J connectivity index is 1.80. The van der Waals surface area contributed by atoms with Crippen LogP contribution < -0.4 is 4.90 Å². The number of alkyl halides is 3. The molecule has 1 aromatic heterocycles. The van der Waals surface area contributed by atoms with Crippen LogP contribution in [0.3, 0.4) is 0 Å². The summed E-state index contributed by atoms with van der Waals surface area (Å²) < 4.78 is 37.2. The largest absolute Gasteiger partial charge is 0.446 e. The van der Waals surface area contributed by atoms with Crippen LogP contribution in [-0.4, -0.2) is 33.4 Å². The van der Waals surface area contributed by atoms with Crippen molar-refractivity contribution in [2.24, 2.45) is 0 Å². The van der Waals surface area contributed by atoms with Gasteiger partial charge in [-0.2, -0.15) is 13.2 Å². The number of benzene rings is 1. The van der Waals surface area contributed by atoms with Crippen molar-refractivity contribution >= 4 is 29.4 Å². The Bertz CT molecular complexity index is 812. The topological polar surface area (TPSA) is 53.5 Å². The number of nitrogens with zero attached hydrogens (tertiary/aromatic N) is 3. The van der Waals surface area contributed by atoms with E-state index in [1.807, 2.05) is 0 Å². The Hall–Kier alpha value is -2.55. The summed E-state index contributed by atoms with van der Waals surface area (Å²) in [6.45, 7) is 1.86. The highest BCUT2D eigenvalue weighted by Gasteiger charge is 2.43. The smallest absolute Gasteiger partial charge is 0.308 e. The number of hydrogen-bond donors (Lipinski definition) is 0. The van der Waals surface area contributed by atoms with Crippen molar-refractivity contribution < 1.29 is 22.8 Å². The molecular weight excluding hydrogens is 367 g/mol. The summed E-state index contributed by atoms with van der Waals surface area (Å²) in [5, 5.41) is 0. The lowest BCUT2D eigenvalue weighted by molar-refractivity contribution is -0.119. The molecule has 0 unspecified atom stereocenters. The lowest BCUT2D eigenvalue weighted by Gasteiger charge is -2.19. The van der Waals surface area contributed by atoms with Crippen LogP contribution in [0.25, 0.3) is 0 Å². The van der Waals surface area contributed by atoms with Crippen LogP contribution in [0.15, 0.2) is 53.7 Å². The van der Waals surface area contributed by atoms with Crippen LogP contribution in [0.2, 0.25) is 0 Å². The summed E-state index contributed by atoms with van der Waals surface area (Å²) in [5.41, 5.74) is -3.32. The van der Waals surface area contributed by atoms with E-state index >= 15 is 0 Å². The molecule has 0 bridgehead atoms. The van der Waals surface area contributed by atoms with Gasteiger partial charge in [-0.25, -0.2) is 9.69 Å². The molecule has 1 aliphatic heterocycles. The van der Waals surface area contributed by atoms with Gasteiger partial charge in [-0.15, -0.1) is 0 Å². The third-order valence-electron chi connectivity index (χ3n) is 3.91. The average Bonchev–Trinajstić information content (AvgIpc) is 2.79. The van der Waals surface area contributed by atoms with E-state index in [4.69, 9.17) is 0 Å². The molecule has 1 saturated heterocycles. The van der Waals surface area contributed by atoms with Crippen molar-refractivity contribution in [3.05, 3.63) is 54.4 Å². The van der Waals surface area contributed by atoms with Gasteiger partial charge in [-0.3, -0.25) is 9.78 Å². The maximum Gasteiger partial charge on any atom is 0.446 e. The molecule has 1 fully saturated rings. The number of aromatic nitrogens is 1. The molecule has 1 atom stereocenters. The van der Waals surface area contributed by atoms with Gasteiger partial charge in [0.05, 0.1) is 5.69 Å². The number of carbonyl (C=O) groups is 2. The van der Waals surface area contributed by atoms with Crippen LogP contribution in [0.4, 0.5) is 23.7 Å². The van der Waals surface area contributed by atoms with Crippen molar-refractivity contribution in [2.45, 2.75) is 29.9 Å². The Kier molecular flexibility index (Phi) is 4.90. The van der Waals surface area contributed by atoms with Crippen molar-refractivity contribution in [1.82, 2.24) is 9.88 Å². The van der Waals surface area contributed by atoms with Gasteiger partial charge >= 0.3 is 11.5 Å². The normalized spacial score (nSPS) is 17.9. The summed E-state index contributed by atoms with van der Waals surface area (Å²) in [6, 6.07) is 7.48. The van der Waals surface area contributed by atoms with Crippen LogP contribution in [0.1, 0.15) is 12.5 Å². The summed E-state index contributed by atoms with van der Waals surface area (Å²) in [5.74, 6) is -0.416. The first-order chi connectivity index (χ1) is 12.3. The van der Waals surface area contributed by atoms with Crippen molar-refractivity contribution in [2.75, 3.05) is 4.90 Å². The van der Waals surface area contributed by atoms with E-state index in [9.17, 15) is 22.8 Å². The zero-order chi connectivity index (χ0) is 18.9. The first-order valence-corrected chi connectivity index (χ1v) is 8.47. The minimum Gasteiger partial charge on any atom is -0.308 e. The maximum atomic E-state index is 12.7. The van der Waals surface area contributed by atoms with Gasteiger partial charge in [-0.1, -0.05) is 0 Å². The molecule has 0 N–H and O–H groups in total. The van der Waals surface area contributed by atoms with Crippen molar-refractivity contribution in [1.29, 1.82) is 0 Å². The second-order valence-corrected chi connectivity index (χ2v) is 6.80. The Morgan fingerprint density at radius 3 is 2.27 bits per heavy atom. The highest BCUT2D eigenvalue weighted by molar-refractivity contribution is 8.00. The second-order valence-electron chi connectivity index (χ2n) is 5.66. The van der Waals surface area contributed by atoms with E-state index in [0.717, 1.165) is 10.5 Å². The number of pyridine rings is 1. The molecule has 3 rings (SSSR count). The molecule has 0 aliphatic carbocycles. The van der Waals surface area contributed by atoms with Gasteiger partial charge in [0.15, 0.2) is 0 Å². The van der Waals surface area contributed by atoms with Crippen molar-refractivity contribution in [3.63, 3.8) is 0 Å². The minimum atomic E-state index is -4.39. The fourth-order valence-corrected chi connectivity index (χ4v) is 3.17. The fourth-order valence-electron chi connectivity index (χ4n) is 2.63. The third-order valence-corrected chi connectivity index (χ3v) is 4.65. The van der Waals surface area contributed by atoms with Crippen LogP contribution >= 0.6 is 11.8 Å². The molecule has 0 saturated carbocycles. The Morgan fingerprint density at radius 1 is 1.08 bits per heavy atom. The van der Waals surface area contributed by atoms with E-state index in [1.165, 1.54) is 29.2 Å². The van der Waals surface area contributed by atoms with Gasteiger partial charge in [0.25, 0.3) is 5.91 Å². The lowest BCUT2D eigenvalue weighted by Crippen LogP contribution is -2.33. The zero-order valence-electron chi connectivity index (χ0n) is 13.6. The minimum absolute atomic E-state index is 0.0120. The van der Waals surface area contributed by atoms with Gasteiger partial charge in [0, 0.05) is 23.8 Å². The maximum absolute atomic E-state index is 12.7. The number of thioether (sulfide) groups is 1. The first kappa shape index (κ1) is 18.2. The molecule has 26 heavy (non-hydrogen) atoms. The average molecular weight is 381 g/mol. The van der Waals surface area contributed by atoms with Crippen LogP contribution in [0.5, 0.6) is 0 Å². The predicted molar refractivity (Wildman–Crippen MR) is 90.5 cm³/mol. The summed E-state index contributed by atoms with van der Waals surface area (Å²) in [4.78, 5) is 31.5. The molecule has 136 valence electrons. The van der Waals surface area contributed by atoms with E-state index in [2.05, 4.69) is 4.98 Å². The number of imide groups is 1. The first-order valence-electron chi connectivity index (χ1n) is 7.65. The molecule has 5 nitrogen and oxygen atoms in total. The molecule has 9 heteroatoms. The number of carbonyl (C=O) groups excluding carboxylic acids is 2. The summed E-state index contributed by atoms with van der Waals surface area (Å²) in [7, 11) is 0. The summed E-state index contributed by atoms with van der Waals surface area (Å²) in [6.07, 6.45) is 3.19. The standard InChI is InChI=1S/C17H14F3N3O2S/c1-11-15(24)23(13-2-4-14(5-3-13)26-17(18,19)20)16(25)22(11)10-12-6-8-21-9-7-12/h2-9,11H,10H2,1H3/t11-/m1/s1. The quantitative estimate of drug-likeness (QED) is 0.592. The molecule has 1 aliphatic rings. The van der Waals surface area contributed by atoms with Crippen LogP contribution in [-0.2, 0) is 11.3 Å². The van der Waals surface area contributed by atoms with E-state index in [1.54, 1.807) is 31.5 Å². The van der Waals surface area contributed by atoms with E-state index < -0.39 is 23.5 Å². The molecule has 2 aromatic rings. The summed E-state index contributed by atoms with van der Waals surface area (Å²) >= 11 is -0.248. The molecular formula is C17H14F3N3O2S. The predicted octanol–water partition coefficient (Wildman–Crippen LogP) is 4.05. The van der Waals surface area contributed by atoms with Gasteiger partial charge in [0.1, 0.15) is 6.04 Å². The monoisotopic (exact) mass is 381 g/mol. The molecule has 2 heterocycles. The van der Waals surface area contributed by atoms with Crippen molar-refractivity contribution in [3.8, 4) is 0 Å². The third kappa shape index (κ3) is 3.82. The molecule has 0 radical (unpaired) electrons. The van der Waals surface area contributed by atoms with Crippen LogP contribution in [0, 0.1) is 0 Å². The Labute approximate surface area is 151 Å². The second kappa shape index (κ2) is 6.99. The number of amides is 3. The highest BCUT2D eigenvalue weighted by atomic mass is 32.2. The van der Waals surface area contributed by atoms with Gasteiger partial charge in [0.2, 0.25) is 0 Å². The zero-order valence-corrected chi connectivity index (χ0v) is 14.4. The highest BCUT2D eigenvalue weighted by Crippen LogP contribution is 2.37. The van der Waals surface area contributed by atoms with E-state index in [0.29, 0.717) is 0 Å². The number of urea groups is 1. The number of hydrogen-bond acceptors (Lipinski definition) is 4. The molecule has 0 spiro atoms. The fraction of sp³-hybridized carbons (Fsp3) is 0.235. The van der Waals surface area contributed by atoms with Gasteiger partial charge < -0.3 is 4.90 Å². The molecule has 3 amide bonds. The van der Waals surface area contributed by atoms with Gasteiger partial charge in [-0.05, 0) is 60.6 Å². The molecule has 1 aromatic carbocycles. The Morgan fingerprint density at radius 2 is 1.69 bits per heavy atom. The lowest BCUT2D eigenvalue weighted by atomic mass is 10.2.